The third-order valence-electron chi connectivity index (χ3n) is 9.51. The second kappa shape index (κ2) is 10.1. The molecule has 0 N–H and O–H groups in total. The molecule has 0 heterocycles. The second-order valence-corrected chi connectivity index (χ2v) is 11.9. The van der Waals surface area contributed by atoms with Crippen LogP contribution in [0.5, 0.6) is 0 Å². The summed E-state index contributed by atoms with van der Waals surface area (Å²) in [4.78, 5) is 0. The van der Waals surface area contributed by atoms with Crippen molar-refractivity contribution in [2.75, 3.05) is 0 Å². The SMILES string of the molecule is C1=Cc2c(c(-c3ccccc3)c3ccccc3c2-c2c3ccccc3c(-c3cccc4ccccc34)c3ccccc23)CC1. The molecule has 206 valence electrons. The normalized spacial score (nSPS) is 12.7. The summed E-state index contributed by atoms with van der Waals surface area (Å²) in [6, 6.07) is 53.6. The lowest BCUT2D eigenvalue weighted by Gasteiger charge is -2.26. The van der Waals surface area contributed by atoms with Gasteiger partial charge in [-0.1, -0.05) is 158 Å². The van der Waals surface area contributed by atoms with E-state index in [0.29, 0.717) is 0 Å². The Morgan fingerprint density at radius 3 is 1.52 bits per heavy atom. The van der Waals surface area contributed by atoms with Gasteiger partial charge in [0, 0.05) is 0 Å². The average molecular weight is 559 g/mol. The summed E-state index contributed by atoms with van der Waals surface area (Å²) >= 11 is 0. The van der Waals surface area contributed by atoms with E-state index in [2.05, 4.69) is 158 Å². The molecule has 0 saturated heterocycles. The third-order valence-corrected chi connectivity index (χ3v) is 9.51. The van der Waals surface area contributed by atoms with Crippen LogP contribution in [-0.4, -0.2) is 0 Å². The molecule has 8 aromatic carbocycles. The lowest BCUT2D eigenvalue weighted by Crippen LogP contribution is -2.03. The first kappa shape index (κ1) is 25.1. The maximum Gasteiger partial charge on any atom is -0.00140 e. The highest BCUT2D eigenvalue weighted by molar-refractivity contribution is 6.26. The molecule has 0 unspecified atom stereocenters. The minimum Gasteiger partial charge on any atom is -0.0836 e. The van der Waals surface area contributed by atoms with Crippen LogP contribution in [0, 0.1) is 0 Å². The highest BCUT2D eigenvalue weighted by Crippen LogP contribution is 2.50. The van der Waals surface area contributed by atoms with Crippen molar-refractivity contribution in [3.05, 3.63) is 163 Å². The summed E-state index contributed by atoms with van der Waals surface area (Å²) in [5, 5.41) is 10.4. The molecule has 0 amide bonds. The van der Waals surface area contributed by atoms with Crippen LogP contribution < -0.4 is 0 Å². The molecule has 1 aliphatic rings. The first-order valence-corrected chi connectivity index (χ1v) is 15.6. The summed E-state index contributed by atoms with van der Waals surface area (Å²) < 4.78 is 0. The molecule has 0 atom stereocenters. The largest absolute Gasteiger partial charge is 0.0836 e. The Balaban J connectivity index is 1.48. The zero-order valence-corrected chi connectivity index (χ0v) is 24.4. The van der Waals surface area contributed by atoms with Crippen molar-refractivity contribution >= 4 is 49.2 Å². The molecule has 0 aliphatic heterocycles. The molecule has 0 saturated carbocycles. The van der Waals surface area contributed by atoms with Gasteiger partial charge in [0.05, 0.1) is 0 Å². The second-order valence-electron chi connectivity index (χ2n) is 11.9. The van der Waals surface area contributed by atoms with Crippen LogP contribution in [0.25, 0.3) is 82.5 Å². The first-order valence-electron chi connectivity index (χ1n) is 15.6. The van der Waals surface area contributed by atoms with E-state index in [1.54, 1.807) is 0 Å². The zero-order valence-electron chi connectivity index (χ0n) is 24.4. The fourth-order valence-electron chi connectivity index (χ4n) is 7.72. The minimum atomic E-state index is 1.04. The van der Waals surface area contributed by atoms with E-state index in [0.717, 1.165) is 12.8 Å². The number of benzene rings is 8. The molecule has 0 bridgehead atoms. The molecule has 0 fully saturated rings. The Labute approximate surface area is 257 Å². The van der Waals surface area contributed by atoms with Crippen LogP contribution in [-0.2, 0) is 6.42 Å². The highest BCUT2D eigenvalue weighted by atomic mass is 14.3. The van der Waals surface area contributed by atoms with Gasteiger partial charge >= 0.3 is 0 Å². The molecule has 0 spiro atoms. The number of fused-ring (bicyclic) bond motifs is 5. The number of hydrogen-bond donors (Lipinski definition) is 0. The van der Waals surface area contributed by atoms with Gasteiger partial charge in [-0.3, -0.25) is 0 Å². The summed E-state index contributed by atoms with van der Waals surface area (Å²) in [6.07, 6.45) is 6.86. The van der Waals surface area contributed by atoms with Crippen molar-refractivity contribution in [1.82, 2.24) is 0 Å². The maximum atomic E-state index is 2.40. The summed E-state index contributed by atoms with van der Waals surface area (Å²) in [6.45, 7) is 0. The van der Waals surface area contributed by atoms with Crippen LogP contribution in [0.2, 0.25) is 0 Å². The van der Waals surface area contributed by atoms with Crippen LogP contribution in [0.1, 0.15) is 17.5 Å². The van der Waals surface area contributed by atoms with Gasteiger partial charge in [-0.25, -0.2) is 0 Å². The first-order chi connectivity index (χ1) is 21.9. The van der Waals surface area contributed by atoms with Gasteiger partial charge in [0.25, 0.3) is 0 Å². The van der Waals surface area contributed by atoms with Crippen molar-refractivity contribution in [1.29, 1.82) is 0 Å². The van der Waals surface area contributed by atoms with E-state index in [9.17, 15) is 0 Å². The summed E-state index contributed by atoms with van der Waals surface area (Å²) in [5.41, 5.74) is 10.8. The van der Waals surface area contributed by atoms with E-state index in [-0.39, 0.29) is 0 Å². The number of hydrogen-bond acceptors (Lipinski definition) is 0. The molecule has 0 radical (unpaired) electrons. The Hall–Kier alpha value is -5.46. The van der Waals surface area contributed by atoms with Gasteiger partial charge in [-0.15, -0.1) is 0 Å². The quantitative estimate of drug-likeness (QED) is 0.189. The standard InChI is InChI=1S/C44H30/c1-2-16-30(17-3-1)41-33-20-6-10-24-37(33)43(38-25-11-7-21-34(38)41)44-39-26-12-8-22-35(39)42(36-23-9-13-27-40(36)44)32-28-14-18-29-15-4-5-19-31(29)32/h1-6,8-20,22-28H,7,21H2. The molecular weight excluding hydrogens is 528 g/mol. The maximum absolute atomic E-state index is 2.40. The fraction of sp³-hybridized carbons (Fsp3) is 0.0455. The predicted molar refractivity (Wildman–Crippen MR) is 190 cm³/mol. The smallest absolute Gasteiger partial charge is 0.00140 e. The Kier molecular flexibility index (Phi) is 5.74. The molecule has 0 aromatic heterocycles. The molecular formula is C44H30. The van der Waals surface area contributed by atoms with Crippen LogP contribution in [0.3, 0.4) is 0 Å². The Morgan fingerprint density at radius 1 is 0.364 bits per heavy atom. The molecule has 9 rings (SSSR count). The van der Waals surface area contributed by atoms with Gasteiger partial charge in [-0.05, 0) is 100 Å². The van der Waals surface area contributed by atoms with Crippen LogP contribution in [0.15, 0.2) is 152 Å². The third kappa shape index (κ3) is 3.71. The van der Waals surface area contributed by atoms with Gasteiger partial charge in [0.15, 0.2) is 0 Å². The van der Waals surface area contributed by atoms with Crippen molar-refractivity contribution in [3.8, 4) is 33.4 Å². The van der Waals surface area contributed by atoms with E-state index in [4.69, 9.17) is 0 Å². The summed E-state index contributed by atoms with van der Waals surface area (Å²) in [7, 11) is 0. The van der Waals surface area contributed by atoms with Crippen molar-refractivity contribution < 1.29 is 0 Å². The van der Waals surface area contributed by atoms with Crippen molar-refractivity contribution in [3.63, 3.8) is 0 Å². The average Bonchev–Trinajstić information content (AvgIpc) is 3.10. The Morgan fingerprint density at radius 2 is 0.864 bits per heavy atom. The van der Waals surface area contributed by atoms with Crippen molar-refractivity contribution in [2.24, 2.45) is 0 Å². The Bertz CT molecular complexity index is 2360. The van der Waals surface area contributed by atoms with E-state index >= 15 is 0 Å². The number of allylic oxidation sites excluding steroid dienone is 1. The minimum absolute atomic E-state index is 1.04. The van der Waals surface area contributed by atoms with Gasteiger partial charge in [0.2, 0.25) is 0 Å². The number of rotatable bonds is 3. The molecule has 8 aromatic rings. The monoisotopic (exact) mass is 558 g/mol. The van der Waals surface area contributed by atoms with Crippen LogP contribution >= 0.6 is 0 Å². The molecule has 0 heteroatoms. The van der Waals surface area contributed by atoms with E-state index < -0.39 is 0 Å². The molecule has 1 aliphatic carbocycles. The zero-order chi connectivity index (χ0) is 29.0. The van der Waals surface area contributed by atoms with Crippen molar-refractivity contribution in [2.45, 2.75) is 12.8 Å². The highest BCUT2D eigenvalue weighted by Gasteiger charge is 2.25. The predicted octanol–water partition coefficient (Wildman–Crippen LogP) is 12.3. The molecule has 44 heavy (non-hydrogen) atoms. The molecule has 0 nitrogen and oxygen atoms in total. The summed E-state index contributed by atoms with van der Waals surface area (Å²) in [5.74, 6) is 0. The van der Waals surface area contributed by atoms with Crippen LogP contribution in [0.4, 0.5) is 0 Å². The lowest BCUT2D eigenvalue weighted by atomic mass is 9.77. The van der Waals surface area contributed by atoms with E-state index in [1.165, 1.54) is 87.6 Å². The lowest BCUT2D eigenvalue weighted by molar-refractivity contribution is 0.991. The van der Waals surface area contributed by atoms with Gasteiger partial charge in [0.1, 0.15) is 0 Å². The fourth-order valence-corrected chi connectivity index (χ4v) is 7.72. The van der Waals surface area contributed by atoms with Gasteiger partial charge in [-0.2, -0.15) is 0 Å². The van der Waals surface area contributed by atoms with Gasteiger partial charge < -0.3 is 0 Å². The van der Waals surface area contributed by atoms with E-state index in [1.807, 2.05) is 0 Å². The topological polar surface area (TPSA) is 0 Å².